The molecule has 8 heteroatoms. The van der Waals surface area contributed by atoms with Gasteiger partial charge in [0.05, 0.1) is 0 Å². The van der Waals surface area contributed by atoms with Crippen molar-refractivity contribution >= 4 is 35.5 Å². The van der Waals surface area contributed by atoms with E-state index in [-0.39, 0.29) is 10.2 Å². The Labute approximate surface area is 184 Å². The van der Waals surface area contributed by atoms with Gasteiger partial charge in [0.2, 0.25) is 10.2 Å². The lowest BCUT2D eigenvalue weighted by Crippen LogP contribution is -1.96. The number of aromatic nitrogens is 4. The van der Waals surface area contributed by atoms with Crippen molar-refractivity contribution in [3.8, 4) is 22.8 Å². The largest absolute Gasteiger partial charge is 0.282 e. The zero-order chi connectivity index (χ0) is 21.3. The van der Waals surface area contributed by atoms with E-state index in [1.807, 2.05) is 12.1 Å². The molecule has 0 aliphatic rings. The second kappa shape index (κ2) is 10.4. The van der Waals surface area contributed by atoms with E-state index in [1.165, 1.54) is 0 Å². The molecule has 2 aromatic carbocycles. The van der Waals surface area contributed by atoms with Crippen LogP contribution in [0, 0.1) is 0 Å². The predicted molar refractivity (Wildman–Crippen MR) is 122 cm³/mol. The number of hydrogen-bond donors (Lipinski definition) is 2. The predicted octanol–water partition coefficient (Wildman–Crippen LogP) is 4.43. The number of carbonyl (C=O) groups is 2. The molecule has 4 rings (SSSR count). The Morgan fingerprint density at radius 3 is 1.20 bits per heavy atom. The average Bonchev–Trinajstić information content (AvgIpc) is 2.80. The summed E-state index contributed by atoms with van der Waals surface area (Å²) in [6.45, 7) is 0. The van der Waals surface area contributed by atoms with E-state index >= 15 is 0 Å². The van der Waals surface area contributed by atoms with Crippen LogP contribution in [-0.2, 0) is 0 Å². The Morgan fingerprint density at radius 2 is 0.867 bits per heavy atom. The fraction of sp³-hybridized carbons (Fsp3) is 0. The highest BCUT2D eigenvalue weighted by molar-refractivity contribution is 7.97. The molecule has 0 N–H and O–H groups in total. The monoisotopic (exact) mass is 432 g/mol. The van der Waals surface area contributed by atoms with Gasteiger partial charge in [-0.25, -0.2) is 19.9 Å². The first-order chi connectivity index (χ1) is 14.6. The van der Waals surface area contributed by atoms with Gasteiger partial charge < -0.3 is 0 Å². The molecule has 0 saturated heterocycles. The first-order valence-corrected chi connectivity index (χ1v) is 9.67. The van der Waals surface area contributed by atoms with Crippen LogP contribution in [0.1, 0.15) is 20.7 Å². The van der Waals surface area contributed by atoms with Crippen LogP contribution in [-0.4, -0.2) is 30.2 Å². The third-order valence-electron chi connectivity index (χ3n) is 3.93. The average molecular weight is 433 g/mol. The number of carbonyl (C=O) groups excluding carboxylic acids is 2. The smallest absolute Gasteiger partial charge is 0.217 e. The maximum Gasteiger partial charge on any atom is 0.217 e. The molecule has 0 aliphatic carbocycles. The summed E-state index contributed by atoms with van der Waals surface area (Å²) in [6.07, 6.45) is 6.56. The van der Waals surface area contributed by atoms with Gasteiger partial charge in [-0.05, 0) is 24.3 Å². The first-order valence-electron chi connectivity index (χ1n) is 8.77. The molecule has 0 unspecified atom stereocenters. The van der Waals surface area contributed by atoms with Crippen molar-refractivity contribution < 1.29 is 9.59 Å². The van der Waals surface area contributed by atoms with E-state index in [1.54, 1.807) is 73.3 Å². The van der Waals surface area contributed by atoms with Crippen LogP contribution in [0.3, 0.4) is 0 Å². The van der Waals surface area contributed by atoms with Crippen molar-refractivity contribution in [2.45, 2.75) is 0 Å². The van der Waals surface area contributed by atoms with E-state index in [0.717, 1.165) is 0 Å². The molecule has 2 aromatic heterocycles. The summed E-state index contributed by atoms with van der Waals surface area (Å²) >= 11 is 7.63. The zero-order valence-electron chi connectivity index (χ0n) is 15.6. The minimum absolute atomic E-state index is 0.280. The lowest BCUT2D eigenvalue weighted by atomic mass is 10.1. The minimum atomic E-state index is -0.280. The third kappa shape index (κ3) is 5.37. The summed E-state index contributed by atoms with van der Waals surface area (Å²) in [4.78, 5) is 38.9. The van der Waals surface area contributed by atoms with E-state index in [4.69, 9.17) is 0 Å². The van der Waals surface area contributed by atoms with Crippen LogP contribution >= 0.6 is 25.3 Å². The molecule has 4 aromatic rings. The van der Waals surface area contributed by atoms with E-state index in [0.29, 0.717) is 33.9 Å². The fourth-order valence-electron chi connectivity index (χ4n) is 2.61. The van der Waals surface area contributed by atoms with Gasteiger partial charge in [-0.2, -0.15) is 0 Å². The number of hydrogen-bond acceptors (Lipinski definition) is 6. The van der Waals surface area contributed by atoms with Crippen LogP contribution in [0.15, 0.2) is 85.5 Å². The van der Waals surface area contributed by atoms with Crippen LogP contribution in [0.4, 0.5) is 0 Å². The zero-order valence-corrected chi connectivity index (χ0v) is 17.4. The molecule has 0 bridgehead atoms. The van der Waals surface area contributed by atoms with Crippen LogP contribution < -0.4 is 0 Å². The van der Waals surface area contributed by atoms with Crippen LogP contribution in [0.25, 0.3) is 22.8 Å². The fourth-order valence-corrected chi connectivity index (χ4v) is 3.00. The molecule has 6 nitrogen and oxygen atoms in total. The van der Waals surface area contributed by atoms with Crippen molar-refractivity contribution in [3.63, 3.8) is 0 Å². The molecule has 0 amide bonds. The quantitative estimate of drug-likeness (QED) is 0.464. The van der Waals surface area contributed by atoms with Crippen LogP contribution in [0.5, 0.6) is 0 Å². The molecular formula is C22H16N4O2S2. The Balaban J connectivity index is 0.000000171. The molecule has 2 heterocycles. The Kier molecular flexibility index (Phi) is 7.42. The van der Waals surface area contributed by atoms with Crippen molar-refractivity contribution in [1.82, 2.24) is 19.9 Å². The number of nitrogens with zero attached hydrogens (tertiary/aromatic N) is 4. The second-order valence-electron chi connectivity index (χ2n) is 5.85. The summed E-state index contributed by atoms with van der Waals surface area (Å²) in [6, 6.07) is 17.7. The standard InChI is InChI=1S/2C11H8N2OS/c2*14-11(15)9-5-2-1-4-8(9)10-12-6-3-7-13-10/h2*1-7H,(H,14,15). The molecule has 0 spiro atoms. The van der Waals surface area contributed by atoms with Gasteiger partial charge in [0, 0.05) is 47.0 Å². The van der Waals surface area contributed by atoms with Crippen molar-refractivity contribution in [2.75, 3.05) is 0 Å². The van der Waals surface area contributed by atoms with Gasteiger partial charge >= 0.3 is 0 Å². The van der Waals surface area contributed by atoms with Gasteiger partial charge in [-0.15, -0.1) is 25.3 Å². The lowest BCUT2D eigenvalue weighted by Gasteiger charge is -2.03. The summed E-state index contributed by atoms with van der Waals surface area (Å²) in [5, 5.41) is -0.559. The molecule has 30 heavy (non-hydrogen) atoms. The summed E-state index contributed by atoms with van der Waals surface area (Å²) < 4.78 is 0. The van der Waals surface area contributed by atoms with E-state index in [9.17, 15) is 9.59 Å². The van der Waals surface area contributed by atoms with E-state index < -0.39 is 0 Å². The SMILES string of the molecule is O=C(S)c1ccccc1-c1ncccn1.O=C(S)c1ccccc1-c1ncccn1. The van der Waals surface area contributed by atoms with Crippen molar-refractivity contribution in [1.29, 1.82) is 0 Å². The molecule has 0 radical (unpaired) electrons. The summed E-state index contributed by atoms with van der Waals surface area (Å²) in [5.41, 5.74) is 2.45. The number of rotatable bonds is 4. The maximum absolute atomic E-state index is 11.2. The molecule has 0 saturated carbocycles. The number of benzene rings is 2. The van der Waals surface area contributed by atoms with Crippen LogP contribution in [0.2, 0.25) is 0 Å². The van der Waals surface area contributed by atoms with Gasteiger partial charge in [-0.3, -0.25) is 9.59 Å². The Bertz CT molecular complexity index is 1060. The highest BCUT2D eigenvalue weighted by atomic mass is 32.1. The lowest BCUT2D eigenvalue weighted by molar-refractivity contribution is 0.108. The maximum atomic E-state index is 11.2. The van der Waals surface area contributed by atoms with Gasteiger partial charge in [-0.1, -0.05) is 36.4 Å². The minimum Gasteiger partial charge on any atom is -0.282 e. The first kappa shape index (κ1) is 21.4. The molecular weight excluding hydrogens is 416 g/mol. The highest BCUT2D eigenvalue weighted by Crippen LogP contribution is 2.21. The molecule has 0 fully saturated rings. The molecule has 0 aliphatic heterocycles. The highest BCUT2D eigenvalue weighted by Gasteiger charge is 2.11. The summed E-state index contributed by atoms with van der Waals surface area (Å²) in [5.74, 6) is 1.08. The van der Waals surface area contributed by atoms with E-state index in [2.05, 4.69) is 45.2 Å². The Hall–Kier alpha value is -3.36. The molecule has 0 atom stereocenters. The molecule has 148 valence electrons. The van der Waals surface area contributed by atoms with Gasteiger partial charge in [0.15, 0.2) is 11.6 Å². The number of thiol groups is 2. The van der Waals surface area contributed by atoms with Crippen molar-refractivity contribution in [3.05, 3.63) is 96.6 Å². The summed E-state index contributed by atoms with van der Waals surface area (Å²) in [7, 11) is 0. The van der Waals surface area contributed by atoms with Crippen molar-refractivity contribution in [2.24, 2.45) is 0 Å². The second-order valence-corrected chi connectivity index (χ2v) is 6.66. The Morgan fingerprint density at radius 1 is 0.533 bits per heavy atom. The van der Waals surface area contributed by atoms with Gasteiger partial charge in [0.1, 0.15) is 0 Å². The van der Waals surface area contributed by atoms with Gasteiger partial charge in [0.25, 0.3) is 0 Å². The topological polar surface area (TPSA) is 85.7 Å². The third-order valence-corrected chi connectivity index (χ3v) is 4.41. The normalized spacial score (nSPS) is 9.93.